The van der Waals surface area contributed by atoms with Crippen LogP contribution in [-0.2, 0) is 10.9 Å². The minimum atomic E-state index is -4.79. The highest BCUT2D eigenvalue weighted by Crippen LogP contribution is 2.42. The van der Waals surface area contributed by atoms with Gasteiger partial charge in [-0.15, -0.1) is 0 Å². The molecule has 2 aromatic heterocycles. The molecule has 0 bridgehead atoms. The lowest BCUT2D eigenvalue weighted by Gasteiger charge is -2.36. The SMILES string of the molecule is COC(=O)Nc1ccc2c(-c3nc(N[C@H]4CCC(C)(C)NC4)ncc3C(F)(F)F)c[nH]c2c1OC(F)F. The van der Waals surface area contributed by atoms with Gasteiger partial charge in [-0.2, -0.15) is 22.0 Å². The van der Waals surface area contributed by atoms with Crippen molar-refractivity contribution >= 4 is 28.6 Å². The molecule has 9 nitrogen and oxygen atoms in total. The van der Waals surface area contributed by atoms with Crippen molar-refractivity contribution in [2.75, 3.05) is 24.3 Å². The number of halogens is 5. The summed E-state index contributed by atoms with van der Waals surface area (Å²) >= 11 is 0. The Morgan fingerprint density at radius 1 is 1.27 bits per heavy atom. The quantitative estimate of drug-likeness (QED) is 0.319. The topological polar surface area (TPSA) is 113 Å². The van der Waals surface area contributed by atoms with Crippen LogP contribution in [0.1, 0.15) is 32.3 Å². The van der Waals surface area contributed by atoms with Crippen molar-refractivity contribution in [3.63, 3.8) is 0 Å². The van der Waals surface area contributed by atoms with E-state index in [4.69, 9.17) is 0 Å². The van der Waals surface area contributed by atoms with E-state index in [9.17, 15) is 26.7 Å². The van der Waals surface area contributed by atoms with Gasteiger partial charge in [0.25, 0.3) is 0 Å². The summed E-state index contributed by atoms with van der Waals surface area (Å²) in [5.74, 6) is -0.474. The van der Waals surface area contributed by atoms with Crippen LogP contribution in [-0.4, -0.2) is 52.9 Å². The van der Waals surface area contributed by atoms with Gasteiger partial charge >= 0.3 is 18.9 Å². The Balaban J connectivity index is 1.78. The molecule has 37 heavy (non-hydrogen) atoms. The molecule has 4 rings (SSSR count). The fourth-order valence-electron chi connectivity index (χ4n) is 4.13. The molecule has 0 aliphatic carbocycles. The molecule has 0 spiro atoms. The van der Waals surface area contributed by atoms with Crippen LogP contribution in [0.2, 0.25) is 0 Å². The van der Waals surface area contributed by atoms with Gasteiger partial charge in [-0.25, -0.2) is 14.8 Å². The molecule has 3 heterocycles. The second-order valence-electron chi connectivity index (χ2n) is 9.16. The largest absolute Gasteiger partial charge is 0.453 e. The Bertz CT molecular complexity index is 1280. The molecule has 1 aliphatic rings. The number of carbonyl (C=O) groups excluding carboxylic acids is 1. The van der Waals surface area contributed by atoms with Crippen molar-refractivity contribution in [2.45, 2.75) is 51.1 Å². The number of aromatic nitrogens is 3. The highest BCUT2D eigenvalue weighted by Gasteiger charge is 2.37. The van der Waals surface area contributed by atoms with Gasteiger partial charge in [-0.3, -0.25) is 5.32 Å². The van der Waals surface area contributed by atoms with Crippen molar-refractivity contribution in [3.05, 3.63) is 30.1 Å². The van der Waals surface area contributed by atoms with Gasteiger partial charge in [-0.05, 0) is 38.8 Å². The van der Waals surface area contributed by atoms with Gasteiger partial charge in [0, 0.05) is 41.5 Å². The number of alkyl halides is 5. The second-order valence-corrected chi connectivity index (χ2v) is 9.16. The number of aromatic amines is 1. The number of rotatable bonds is 6. The summed E-state index contributed by atoms with van der Waals surface area (Å²) in [7, 11) is 1.08. The van der Waals surface area contributed by atoms with E-state index in [0.29, 0.717) is 12.7 Å². The van der Waals surface area contributed by atoms with Crippen molar-refractivity contribution in [1.29, 1.82) is 0 Å². The van der Waals surface area contributed by atoms with Gasteiger partial charge in [0.2, 0.25) is 5.95 Å². The van der Waals surface area contributed by atoms with E-state index >= 15 is 0 Å². The number of nitrogens with one attached hydrogen (secondary N) is 4. The zero-order chi connectivity index (χ0) is 27.0. The number of ether oxygens (including phenoxy) is 2. The van der Waals surface area contributed by atoms with Crippen LogP contribution < -0.4 is 20.7 Å². The molecule has 1 amide bonds. The fourth-order valence-corrected chi connectivity index (χ4v) is 4.13. The first-order valence-corrected chi connectivity index (χ1v) is 11.3. The van der Waals surface area contributed by atoms with E-state index in [0.717, 1.165) is 20.0 Å². The van der Waals surface area contributed by atoms with Crippen molar-refractivity contribution in [2.24, 2.45) is 0 Å². The predicted octanol–water partition coefficient (Wildman–Crippen LogP) is 5.37. The first-order valence-electron chi connectivity index (χ1n) is 11.3. The summed E-state index contributed by atoms with van der Waals surface area (Å²) in [4.78, 5) is 22.3. The minimum absolute atomic E-state index is 0.00288. The number of fused-ring (bicyclic) bond motifs is 1. The number of carbonyl (C=O) groups is 1. The molecule has 0 radical (unpaired) electrons. The summed E-state index contributed by atoms with van der Waals surface area (Å²) in [5.41, 5.74) is -1.84. The molecule has 200 valence electrons. The highest BCUT2D eigenvalue weighted by molar-refractivity contribution is 6.03. The molecular formula is C23H25F5N6O3. The Kier molecular flexibility index (Phi) is 7.13. The highest BCUT2D eigenvalue weighted by atomic mass is 19.4. The molecule has 3 aromatic rings. The van der Waals surface area contributed by atoms with Crippen LogP contribution in [0.15, 0.2) is 24.5 Å². The Morgan fingerprint density at radius 2 is 2.03 bits per heavy atom. The molecule has 1 aromatic carbocycles. The van der Waals surface area contributed by atoms with Crippen LogP contribution >= 0.6 is 0 Å². The average Bonchev–Trinajstić information content (AvgIpc) is 3.25. The molecular weight excluding hydrogens is 503 g/mol. The maximum atomic E-state index is 13.9. The molecule has 1 fully saturated rings. The standard InChI is InChI=1S/C23H25F5N6O3/c1-22(2)7-6-11(8-31-22)32-20-30-10-14(23(26,27)28)16(34-20)13-9-29-17-12(13)4-5-15(33-21(35)36-3)18(17)37-19(24)25/h4-5,9-11,19,29,31H,6-8H2,1-3H3,(H,33,35)(H,30,32,34)/t11-/m0/s1. The number of hydrogen-bond donors (Lipinski definition) is 4. The van der Waals surface area contributed by atoms with Gasteiger partial charge in [0.1, 0.15) is 5.56 Å². The van der Waals surface area contributed by atoms with E-state index in [1.54, 1.807) is 0 Å². The van der Waals surface area contributed by atoms with E-state index in [-0.39, 0.29) is 39.7 Å². The summed E-state index contributed by atoms with van der Waals surface area (Å²) < 4.78 is 77.1. The number of benzene rings is 1. The van der Waals surface area contributed by atoms with Gasteiger partial charge in [-0.1, -0.05) is 0 Å². The number of methoxy groups -OCH3 is 1. The minimum Gasteiger partial charge on any atom is -0.453 e. The molecule has 14 heteroatoms. The Labute approximate surface area is 208 Å². The number of hydrogen-bond acceptors (Lipinski definition) is 7. The average molecular weight is 528 g/mol. The summed E-state index contributed by atoms with van der Waals surface area (Å²) in [5, 5.41) is 8.79. The Hall–Kier alpha value is -3.68. The maximum absolute atomic E-state index is 13.9. The molecule has 1 saturated heterocycles. The number of amides is 1. The van der Waals surface area contributed by atoms with E-state index in [1.165, 1.54) is 18.3 Å². The molecule has 1 atom stereocenters. The zero-order valence-electron chi connectivity index (χ0n) is 20.1. The normalized spacial score (nSPS) is 17.6. The number of piperidine rings is 1. The second kappa shape index (κ2) is 10.00. The monoisotopic (exact) mass is 528 g/mol. The zero-order valence-corrected chi connectivity index (χ0v) is 20.1. The van der Waals surface area contributed by atoms with E-state index < -0.39 is 35.9 Å². The van der Waals surface area contributed by atoms with Crippen molar-refractivity contribution in [1.82, 2.24) is 20.3 Å². The third-order valence-electron chi connectivity index (χ3n) is 6.07. The number of H-pyrrole nitrogens is 1. The first kappa shape index (κ1) is 26.4. The third-order valence-corrected chi connectivity index (χ3v) is 6.07. The fraction of sp³-hybridized carbons (Fsp3) is 0.435. The van der Waals surface area contributed by atoms with Gasteiger partial charge in [0.15, 0.2) is 5.75 Å². The van der Waals surface area contributed by atoms with E-state index in [2.05, 4.69) is 54.2 Å². The van der Waals surface area contributed by atoms with Gasteiger partial charge < -0.3 is 25.1 Å². The van der Waals surface area contributed by atoms with Crippen molar-refractivity contribution < 1.29 is 36.2 Å². The van der Waals surface area contributed by atoms with Crippen LogP contribution in [0.25, 0.3) is 22.2 Å². The van der Waals surface area contributed by atoms with Crippen LogP contribution in [0.4, 0.5) is 38.4 Å². The Morgan fingerprint density at radius 3 is 2.65 bits per heavy atom. The lowest BCUT2D eigenvalue weighted by atomic mass is 9.91. The van der Waals surface area contributed by atoms with Crippen LogP contribution in [0.5, 0.6) is 5.75 Å². The van der Waals surface area contributed by atoms with Crippen LogP contribution in [0.3, 0.4) is 0 Å². The first-order chi connectivity index (χ1) is 17.4. The predicted molar refractivity (Wildman–Crippen MR) is 126 cm³/mol. The van der Waals surface area contributed by atoms with E-state index in [1.807, 2.05) is 0 Å². The van der Waals surface area contributed by atoms with Crippen LogP contribution in [0, 0.1) is 0 Å². The van der Waals surface area contributed by atoms with Crippen molar-refractivity contribution in [3.8, 4) is 17.0 Å². The molecule has 0 saturated carbocycles. The summed E-state index contributed by atoms with van der Waals surface area (Å²) in [6.45, 7) is 1.42. The lowest BCUT2D eigenvalue weighted by Crippen LogP contribution is -2.50. The molecule has 1 aliphatic heterocycles. The lowest BCUT2D eigenvalue weighted by molar-refractivity contribution is -0.137. The number of nitrogens with zero attached hydrogens (tertiary/aromatic N) is 2. The number of anilines is 2. The molecule has 0 unspecified atom stereocenters. The van der Waals surface area contributed by atoms with Gasteiger partial charge in [0.05, 0.1) is 24.0 Å². The maximum Gasteiger partial charge on any atom is 0.419 e. The summed E-state index contributed by atoms with van der Waals surface area (Å²) in [6, 6.07) is 2.48. The molecule has 4 N–H and O–H groups in total. The summed E-state index contributed by atoms with van der Waals surface area (Å²) in [6.07, 6.45) is -2.24. The third kappa shape index (κ3) is 5.84. The smallest absolute Gasteiger partial charge is 0.419 e.